The molecule has 3 rings (SSSR count). The van der Waals surface area contributed by atoms with Gasteiger partial charge >= 0.3 is 6.03 Å². The fourth-order valence-corrected chi connectivity index (χ4v) is 5.08. The molecule has 0 unspecified atom stereocenters. The number of amides is 2. The standard InChI is InChI=1S/C23H41N7O2/c1-5-7-30-16-19(26-23(31)29(6-2)9-8-28(3)10-11-32-4)12-17-13-20-18(14-21(17)30)15-25-22(24)27-20/h15,17,19,21H,5-14,16H2,1-4H3,(H,26,31)(H2,24,25,27)/t17-,19+,21-/m1/s1. The SMILES string of the molecule is CCCN1C[C@@H](NC(=O)N(CC)CCN(C)CCOC)C[C@@H]2Cc3nc(N)ncc3C[C@H]21. The molecular formula is C23H41N7O2. The van der Waals surface area contributed by atoms with E-state index in [2.05, 4.69) is 39.1 Å². The van der Waals surface area contributed by atoms with E-state index in [4.69, 9.17) is 10.5 Å². The number of methoxy groups -OCH3 is 1. The van der Waals surface area contributed by atoms with Crippen LogP contribution in [0.25, 0.3) is 0 Å². The van der Waals surface area contributed by atoms with E-state index in [-0.39, 0.29) is 12.1 Å². The molecule has 1 aliphatic carbocycles. The lowest BCUT2D eigenvalue weighted by atomic mass is 9.76. The maximum Gasteiger partial charge on any atom is 0.317 e. The Morgan fingerprint density at radius 1 is 1.31 bits per heavy atom. The van der Waals surface area contributed by atoms with Gasteiger partial charge in [-0.15, -0.1) is 0 Å². The molecule has 0 bridgehead atoms. The number of nitrogen functional groups attached to an aromatic ring is 1. The zero-order valence-corrected chi connectivity index (χ0v) is 20.2. The van der Waals surface area contributed by atoms with Crippen molar-refractivity contribution in [2.75, 3.05) is 65.8 Å². The van der Waals surface area contributed by atoms with Gasteiger partial charge in [0.25, 0.3) is 0 Å². The second-order valence-corrected chi connectivity index (χ2v) is 9.19. The monoisotopic (exact) mass is 447 g/mol. The van der Waals surface area contributed by atoms with Crippen molar-refractivity contribution in [3.8, 4) is 0 Å². The molecule has 1 aromatic heterocycles. The molecule has 2 heterocycles. The number of anilines is 1. The summed E-state index contributed by atoms with van der Waals surface area (Å²) in [5, 5.41) is 3.34. The number of likely N-dealkylation sites (tertiary alicyclic amines) is 1. The number of nitrogens with one attached hydrogen (secondary N) is 1. The van der Waals surface area contributed by atoms with E-state index < -0.39 is 0 Å². The van der Waals surface area contributed by atoms with Crippen LogP contribution >= 0.6 is 0 Å². The van der Waals surface area contributed by atoms with Crippen LogP contribution in [-0.2, 0) is 17.6 Å². The lowest BCUT2D eigenvalue weighted by Gasteiger charge is -2.47. The highest BCUT2D eigenvalue weighted by Crippen LogP contribution is 2.34. The molecule has 1 saturated heterocycles. The van der Waals surface area contributed by atoms with Crippen LogP contribution in [0.5, 0.6) is 0 Å². The third-order valence-corrected chi connectivity index (χ3v) is 6.85. The van der Waals surface area contributed by atoms with Crippen LogP contribution in [0.4, 0.5) is 10.7 Å². The Bertz CT molecular complexity index is 747. The highest BCUT2D eigenvalue weighted by Gasteiger charge is 2.40. The molecule has 1 aromatic rings. The minimum Gasteiger partial charge on any atom is -0.383 e. The third kappa shape index (κ3) is 6.30. The number of fused-ring (bicyclic) bond motifs is 2. The van der Waals surface area contributed by atoms with Crippen LogP contribution in [0, 0.1) is 5.92 Å². The molecule has 3 atom stereocenters. The summed E-state index contributed by atoms with van der Waals surface area (Å²) in [4.78, 5) is 28.4. The Morgan fingerprint density at radius 2 is 2.12 bits per heavy atom. The van der Waals surface area contributed by atoms with Crippen LogP contribution < -0.4 is 11.1 Å². The number of rotatable bonds is 10. The quantitative estimate of drug-likeness (QED) is 0.557. The van der Waals surface area contributed by atoms with Crippen molar-refractivity contribution >= 4 is 12.0 Å². The summed E-state index contributed by atoms with van der Waals surface area (Å²) in [5.74, 6) is 0.819. The van der Waals surface area contributed by atoms with Crippen molar-refractivity contribution < 1.29 is 9.53 Å². The van der Waals surface area contributed by atoms with E-state index in [9.17, 15) is 4.79 Å². The molecule has 2 aliphatic rings. The van der Waals surface area contributed by atoms with Crippen LogP contribution in [0.1, 0.15) is 37.9 Å². The van der Waals surface area contributed by atoms with Crippen molar-refractivity contribution in [2.24, 2.45) is 5.92 Å². The van der Waals surface area contributed by atoms with Crippen LogP contribution in [0.2, 0.25) is 0 Å². The average Bonchev–Trinajstić information content (AvgIpc) is 2.77. The summed E-state index contributed by atoms with van der Waals surface area (Å²) in [7, 11) is 3.77. The lowest BCUT2D eigenvalue weighted by Crippen LogP contribution is -2.59. The van der Waals surface area contributed by atoms with Gasteiger partial charge in [0.1, 0.15) is 0 Å². The summed E-state index contributed by atoms with van der Waals surface area (Å²) in [6.07, 6.45) is 5.85. The van der Waals surface area contributed by atoms with Crippen LogP contribution in [-0.4, -0.2) is 103 Å². The molecule has 180 valence electrons. The topological polar surface area (TPSA) is 99.9 Å². The molecule has 9 heteroatoms. The molecule has 3 N–H and O–H groups in total. The molecule has 0 radical (unpaired) electrons. The molecule has 2 amide bonds. The summed E-state index contributed by atoms with van der Waals surface area (Å²) < 4.78 is 5.14. The summed E-state index contributed by atoms with van der Waals surface area (Å²) in [6.45, 7) is 10.0. The van der Waals surface area contributed by atoms with Gasteiger partial charge in [0, 0.05) is 63.8 Å². The maximum absolute atomic E-state index is 13.1. The van der Waals surface area contributed by atoms with Gasteiger partial charge in [-0.2, -0.15) is 0 Å². The number of nitrogens with zero attached hydrogens (tertiary/aromatic N) is 5. The zero-order valence-electron chi connectivity index (χ0n) is 20.2. The minimum atomic E-state index is 0.0373. The molecular weight excluding hydrogens is 406 g/mol. The number of urea groups is 1. The second kappa shape index (κ2) is 11.8. The second-order valence-electron chi connectivity index (χ2n) is 9.19. The van der Waals surface area contributed by atoms with E-state index in [1.54, 1.807) is 7.11 Å². The van der Waals surface area contributed by atoms with Crippen LogP contribution in [0.3, 0.4) is 0 Å². The highest BCUT2D eigenvalue weighted by molar-refractivity contribution is 5.74. The van der Waals surface area contributed by atoms with E-state index in [1.807, 2.05) is 18.0 Å². The number of carbonyl (C=O) groups excluding carboxylic acids is 1. The fourth-order valence-electron chi connectivity index (χ4n) is 5.08. The fraction of sp³-hybridized carbons (Fsp3) is 0.783. The summed E-state index contributed by atoms with van der Waals surface area (Å²) in [5.41, 5.74) is 8.14. The van der Waals surface area contributed by atoms with Gasteiger partial charge in [-0.1, -0.05) is 6.92 Å². The smallest absolute Gasteiger partial charge is 0.317 e. The van der Waals surface area contributed by atoms with Gasteiger partial charge in [-0.25, -0.2) is 14.8 Å². The molecule has 0 aromatic carbocycles. The molecule has 9 nitrogen and oxygen atoms in total. The first-order valence-corrected chi connectivity index (χ1v) is 12.0. The third-order valence-electron chi connectivity index (χ3n) is 6.85. The van der Waals surface area contributed by atoms with Crippen molar-refractivity contribution in [2.45, 2.75) is 51.6 Å². The van der Waals surface area contributed by atoms with Gasteiger partial charge < -0.3 is 25.6 Å². The molecule has 1 aliphatic heterocycles. The number of aromatic nitrogens is 2. The van der Waals surface area contributed by atoms with E-state index in [0.717, 1.165) is 57.6 Å². The van der Waals surface area contributed by atoms with E-state index >= 15 is 0 Å². The predicted molar refractivity (Wildman–Crippen MR) is 127 cm³/mol. The minimum absolute atomic E-state index is 0.0373. The number of ether oxygens (including phenoxy) is 1. The summed E-state index contributed by atoms with van der Waals surface area (Å²) >= 11 is 0. The first kappa shape index (κ1) is 24.7. The number of hydrogen-bond acceptors (Lipinski definition) is 7. The van der Waals surface area contributed by atoms with Crippen molar-refractivity contribution in [1.82, 2.24) is 30.0 Å². The maximum atomic E-state index is 13.1. The van der Waals surface area contributed by atoms with Crippen LogP contribution in [0.15, 0.2) is 6.20 Å². The number of carbonyl (C=O) groups is 1. The molecule has 1 fully saturated rings. The molecule has 0 spiro atoms. The predicted octanol–water partition coefficient (Wildman–Crippen LogP) is 1.24. The molecule has 0 saturated carbocycles. The van der Waals surface area contributed by atoms with Crippen molar-refractivity contribution in [1.29, 1.82) is 0 Å². The zero-order chi connectivity index (χ0) is 23.1. The Kier molecular flexibility index (Phi) is 9.07. The Labute approximate surface area is 192 Å². The van der Waals surface area contributed by atoms with Gasteiger partial charge in [0.15, 0.2) is 0 Å². The van der Waals surface area contributed by atoms with Gasteiger partial charge in [0.05, 0.1) is 6.61 Å². The molecule has 32 heavy (non-hydrogen) atoms. The van der Waals surface area contributed by atoms with Gasteiger partial charge in [0.2, 0.25) is 5.95 Å². The van der Waals surface area contributed by atoms with Gasteiger partial charge in [-0.05, 0) is 57.7 Å². The Morgan fingerprint density at radius 3 is 2.84 bits per heavy atom. The number of nitrogens with two attached hydrogens (primary N) is 1. The number of likely N-dealkylation sites (N-methyl/N-ethyl adjacent to an activating group) is 2. The van der Waals surface area contributed by atoms with Crippen molar-refractivity contribution in [3.05, 3.63) is 17.5 Å². The number of hydrogen-bond donors (Lipinski definition) is 2. The van der Waals surface area contributed by atoms with Crippen molar-refractivity contribution in [3.63, 3.8) is 0 Å². The summed E-state index contributed by atoms with van der Waals surface area (Å²) in [6, 6.07) is 0.672. The first-order chi connectivity index (χ1) is 15.4. The Balaban J connectivity index is 1.61. The lowest BCUT2D eigenvalue weighted by molar-refractivity contribution is 0.0623. The average molecular weight is 448 g/mol. The Hall–Kier alpha value is -1.97. The van der Waals surface area contributed by atoms with E-state index in [1.165, 1.54) is 5.56 Å². The number of piperidine rings is 1. The largest absolute Gasteiger partial charge is 0.383 e. The van der Waals surface area contributed by atoms with Gasteiger partial charge in [-0.3, -0.25) is 4.90 Å². The highest BCUT2D eigenvalue weighted by atomic mass is 16.5. The first-order valence-electron chi connectivity index (χ1n) is 12.0. The van der Waals surface area contributed by atoms with E-state index in [0.29, 0.717) is 37.6 Å². The normalized spacial score (nSPS) is 23.0.